The molecule has 0 aromatic heterocycles. The molecule has 0 fully saturated rings. The number of carbonyl (C=O) groups excluding carboxylic acids is 1. The van der Waals surface area contributed by atoms with Crippen molar-refractivity contribution in [1.29, 1.82) is 0 Å². The number of rotatable bonds is 6. The van der Waals surface area contributed by atoms with Gasteiger partial charge in [0.2, 0.25) is 0 Å². The second kappa shape index (κ2) is 6.85. The Morgan fingerprint density at radius 3 is 2.60 bits per heavy atom. The normalized spacial score (nSPS) is 12.1. The van der Waals surface area contributed by atoms with Gasteiger partial charge in [0.05, 0.1) is 30.2 Å². The average Bonchev–Trinajstić information content (AvgIpc) is 2.42. The first-order valence-corrected chi connectivity index (χ1v) is 6.14. The molecule has 0 bridgehead atoms. The van der Waals surface area contributed by atoms with E-state index >= 15 is 0 Å². The molecule has 0 radical (unpaired) electrons. The van der Waals surface area contributed by atoms with Gasteiger partial charge in [-0.15, -0.1) is 0 Å². The smallest absolute Gasteiger partial charge is 0.337 e. The van der Waals surface area contributed by atoms with Gasteiger partial charge < -0.3 is 15.2 Å². The Morgan fingerprint density at radius 1 is 1.50 bits per heavy atom. The van der Waals surface area contributed by atoms with Gasteiger partial charge in [-0.1, -0.05) is 13.8 Å². The third-order valence-corrected chi connectivity index (χ3v) is 2.96. The molecule has 7 nitrogen and oxygen atoms in total. The first-order valence-electron chi connectivity index (χ1n) is 6.14. The monoisotopic (exact) mass is 282 g/mol. The molecule has 0 aliphatic carbocycles. The van der Waals surface area contributed by atoms with E-state index in [-0.39, 0.29) is 35.5 Å². The van der Waals surface area contributed by atoms with Crippen LogP contribution >= 0.6 is 0 Å². The van der Waals surface area contributed by atoms with Crippen LogP contribution in [0.3, 0.4) is 0 Å². The molecule has 1 aromatic carbocycles. The van der Waals surface area contributed by atoms with Crippen molar-refractivity contribution in [3.05, 3.63) is 33.9 Å². The van der Waals surface area contributed by atoms with Gasteiger partial charge in [-0.3, -0.25) is 10.1 Å². The third-order valence-electron chi connectivity index (χ3n) is 2.96. The molecule has 1 unspecified atom stereocenters. The lowest BCUT2D eigenvalue weighted by atomic mass is 10.0. The number of aliphatic hydroxyl groups is 1. The second-order valence-electron chi connectivity index (χ2n) is 4.66. The molecule has 20 heavy (non-hydrogen) atoms. The molecule has 1 atom stereocenters. The van der Waals surface area contributed by atoms with E-state index in [1.54, 1.807) is 0 Å². The van der Waals surface area contributed by atoms with Crippen molar-refractivity contribution in [1.82, 2.24) is 0 Å². The summed E-state index contributed by atoms with van der Waals surface area (Å²) in [6.07, 6.45) is 0. The summed E-state index contributed by atoms with van der Waals surface area (Å²) in [6, 6.07) is 3.58. The highest BCUT2D eigenvalue weighted by Crippen LogP contribution is 2.27. The fraction of sp³-hybridized carbons (Fsp3) is 0.462. The van der Waals surface area contributed by atoms with E-state index < -0.39 is 10.9 Å². The van der Waals surface area contributed by atoms with Gasteiger partial charge in [0.15, 0.2) is 0 Å². The molecule has 7 heteroatoms. The van der Waals surface area contributed by atoms with Gasteiger partial charge in [-0.05, 0) is 18.1 Å². The molecule has 1 aromatic rings. The van der Waals surface area contributed by atoms with Gasteiger partial charge in [0.25, 0.3) is 5.69 Å². The highest BCUT2D eigenvalue weighted by Gasteiger charge is 2.21. The first kappa shape index (κ1) is 15.9. The molecular formula is C13H18N2O5. The molecule has 0 saturated heterocycles. The van der Waals surface area contributed by atoms with Gasteiger partial charge >= 0.3 is 5.97 Å². The second-order valence-corrected chi connectivity index (χ2v) is 4.66. The minimum Gasteiger partial charge on any atom is -0.465 e. The first-order chi connectivity index (χ1) is 9.40. The molecule has 1 rings (SSSR count). The number of carbonyl (C=O) groups is 1. The molecule has 2 N–H and O–H groups in total. The highest BCUT2D eigenvalue weighted by atomic mass is 16.6. The zero-order valence-corrected chi connectivity index (χ0v) is 11.6. The molecule has 0 heterocycles. The van der Waals surface area contributed by atoms with Crippen LogP contribution in [0, 0.1) is 16.0 Å². The summed E-state index contributed by atoms with van der Waals surface area (Å²) < 4.78 is 4.58. The predicted molar refractivity (Wildman–Crippen MR) is 73.8 cm³/mol. The van der Waals surface area contributed by atoms with Gasteiger partial charge in [-0.2, -0.15) is 0 Å². The number of ether oxygens (including phenoxy) is 1. The maximum absolute atomic E-state index is 11.5. The zero-order chi connectivity index (χ0) is 15.3. The number of hydrogen-bond acceptors (Lipinski definition) is 6. The summed E-state index contributed by atoms with van der Waals surface area (Å²) in [5.74, 6) is -0.505. The Labute approximate surface area is 116 Å². The Bertz CT molecular complexity index is 502. The summed E-state index contributed by atoms with van der Waals surface area (Å²) in [5.41, 5.74) is 0.239. The number of nitrogens with one attached hydrogen (secondary N) is 1. The minimum absolute atomic E-state index is 0.0707. The van der Waals surface area contributed by atoms with Crippen LogP contribution in [0.25, 0.3) is 0 Å². The Morgan fingerprint density at radius 2 is 2.15 bits per heavy atom. The largest absolute Gasteiger partial charge is 0.465 e. The maximum Gasteiger partial charge on any atom is 0.337 e. The molecule has 0 saturated carbocycles. The van der Waals surface area contributed by atoms with Gasteiger partial charge in [-0.25, -0.2) is 4.79 Å². The Kier molecular flexibility index (Phi) is 5.45. The molecule has 0 spiro atoms. The van der Waals surface area contributed by atoms with Gasteiger partial charge in [0.1, 0.15) is 5.69 Å². The van der Waals surface area contributed by atoms with E-state index in [1.165, 1.54) is 25.3 Å². The number of esters is 1. The van der Waals surface area contributed by atoms with Crippen LogP contribution in [0.15, 0.2) is 18.2 Å². The van der Waals surface area contributed by atoms with Crippen molar-refractivity contribution < 1.29 is 19.6 Å². The lowest BCUT2D eigenvalue weighted by Crippen LogP contribution is -2.29. The van der Waals surface area contributed by atoms with Crippen LogP contribution in [0.1, 0.15) is 24.2 Å². The molecular weight excluding hydrogens is 264 g/mol. The molecule has 0 aliphatic rings. The van der Waals surface area contributed by atoms with Crippen molar-refractivity contribution in [3.8, 4) is 0 Å². The van der Waals surface area contributed by atoms with Crippen molar-refractivity contribution in [2.75, 3.05) is 19.0 Å². The number of nitro groups is 1. The maximum atomic E-state index is 11.5. The lowest BCUT2D eigenvalue weighted by Gasteiger charge is -2.21. The predicted octanol–water partition coefficient (Wildman–Crippen LogP) is 1.81. The summed E-state index contributed by atoms with van der Waals surface area (Å²) in [6.45, 7) is 3.59. The lowest BCUT2D eigenvalue weighted by molar-refractivity contribution is -0.384. The van der Waals surface area contributed by atoms with Crippen LogP contribution in [0.5, 0.6) is 0 Å². The molecule has 0 aliphatic heterocycles. The molecule has 110 valence electrons. The van der Waals surface area contributed by atoms with Crippen LogP contribution in [0.4, 0.5) is 11.4 Å². The third kappa shape index (κ3) is 3.67. The zero-order valence-electron chi connectivity index (χ0n) is 11.6. The fourth-order valence-corrected chi connectivity index (χ4v) is 1.68. The summed E-state index contributed by atoms with van der Waals surface area (Å²) in [7, 11) is 1.24. The molecule has 0 amide bonds. The number of anilines is 1. The summed E-state index contributed by atoms with van der Waals surface area (Å²) >= 11 is 0. The van der Waals surface area contributed by atoms with E-state index in [0.29, 0.717) is 0 Å². The topological polar surface area (TPSA) is 102 Å². The number of nitrogens with zero attached hydrogens (tertiary/aromatic N) is 1. The average molecular weight is 282 g/mol. The standard InChI is InChI=1S/C13H18N2O5/c1-8(2)11(7-16)14-10-6-9(13(17)20-3)4-5-12(10)15(18)19/h4-6,8,11,14,16H,7H2,1-3H3. The van der Waals surface area contributed by atoms with Crippen LogP contribution in [0.2, 0.25) is 0 Å². The number of hydrogen-bond donors (Lipinski definition) is 2. The van der Waals surface area contributed by atoms with Crippen molar-refractivity contribution >= 4 is 17.3 Å². The number of benzene rings is 1. The van der Waals surface area contributed by atoms with Gasteiger partial charge in [0, 0.05) is 6.07 Å². The van der Waals surface area contributed by atoms with E-state index in [2.05, 4.69) is 10.1 Å². The minimum atomic E-state index is -0.576. The summed E-state index contributed by atoms with van der Waals surface area (Å²) in [5, 5.41) is 23.2. The van der Waals surface area contributed by atoms with Crippen LogP contribution < -0.4 is 5.32 Å². The number of methoxy groups -OCH3 is 1. The Balaban J connectivity index is 3.18. The van der Waals surface area contributed by atoms with Crippen molar-refractivity contribution in [2.45, 2.75) is 19.9 Å². The quantitative estimate of drug-likeness (QED) is 0.468. The van der Waals surface area contributed by atoms with Crippen LogP contribution in [-0.2, 0) is 4.74 Å². The Hall–Kier alpha value is -2.15. The highest BCUT2D eigenvalue weighted by molar-refractivity contribution is 5.91. The summed E-state index contributed by atoms with van der Waals surface area (Å²) in [4.78, 5) is 21.9. The fourth-order valence-electron chi connectivity index (χ4n) is 1.68. The van der Waals surface area contributed by atoms with E-state index in [4.69, 9.17) is 0 Å². The van der Waals surface area contributed by atoms with Crippen molar-refractivity contribution in [2.24, 2.45) is 5.92 Å². The van der Waals surface area contributed by atoms with E-state index in [9.17, 15) is 20.0 Å². The SMILES string of the molecule is COC(=O)c1ccc([N+](=O)[O-])c(NC(CO)C(C)C)c1. The number of aliphatic hydroxyl groups excluding tert-OH is 1. The van der Waals surface area contributed by atoms with E-state index in [0.717, 1.165) is 0 Å². The van der Waals surface area contributed by atoms with Crippen molar-refractivity contribution in [3.63, 3.8) is 0 Å². The van der Waals surface area contributed by atoms with E-state index in [1.807, 2.05) is 13.8 Å². The van der Waals surface area contributed by atoms with Crippen LogP contribution in [-0.4, -0.2) is 35.8 Å². The number of nitro benzene ring substituents is 1.